The molecule has 106 valence electrons. The Bertz CT molecular complexity index is 412. The molecule has 2 unspecified atom stereocenters. The van der Waals surface area contributed by atoms with Crippen LogP contribution in [-0.4, -0.2) is 31.4 Å². The van der Waals surface area contributed by atoms with Crippen molar-refractivity contribution in [3.63, 3.8) is 0 Å². The van der Waals surface area contributed by atoms with Crippen LogP contribution in [0.2, 0.25) is 0 Å². The number of anilines is 1. The molecule has 1 aromatic rings. The topological polar surface area (TPSA) is 56.5 Å². The Morgan fingerprint density at radius 3 is 2.63 bits per heavy atom. The van der Waals surface area contributed by atoms with Gasteiger partial charge in [-0.15, -0.1) is 0 Å². The summed E-state index contributed by atoms with van der Waals surface area (Å²) in [6.07, 6.45) is 2.30. The number of methoxy groups -OCH3 is 1. The summed E-state index contributed by atoms with van der Waals surface area (Å²) in [4.78, 5) is 0. The van der Waals surface area contributed by atoms with Crippen molar-refractivity contribution in [3.05, 3.63) is 24.3 Å². The molecule has 0 amide bonds. The molecule has 0 spiro atoms. The van der Waals surface area contributed by atoms with Crippen molar-refractivity contribution in [2.24, 2.45) is 5.73 Å². The quantitative estimate of drug-likeness (QED) is 0.876. The van der Waals surface area contributed by atoms with Gasteiger partial charge in [0.15, 0.2) is 0 Å². The molecule has 0 aromatic heterocycles. The van der Waals surface area contributed by atoms with Crippen molar-refractivity contribution in [2.45, 2.75) is 44.4 Å². The molecule has 2 atom stereocenters. The molecule has 1 aliphatic heterocycles. The molecule has 0 radical (unpaired) electrons. The van der Waals surface area contributed by atoms with Gasteiger partial charge in [-0.1, -0.05) is 6.07 Å². The third-order valence-electron chi connectivity index (χ3n) is 3.69. The van der Waals surface area contributed by atoms with E-state index in [2.05, 4.69) is 19.2 Å². The molecular formula is C15H24N2O2. The Balaban J connectivity index is 2.17. The van der Waals surface area contributed by atoms with Gasteiger partial charge in [0.2, 0.25) is 0 Å². The van der Waals surface area contributed by atoms with Crippen LogP contribution in [-0.2, 0) is 4.74 Å². The van der Waals surface area contributed by atoms with Gasteiger partial charge in [-0.25, -0.2) is 0 Å². The lowest BCUT2D eigenvalue weighted by Gasteiger charge is -2.43. The van der Waals surface area contributed by atoms with Crippen molar-refractivity contribution in [1.82, 2.24) is 0 Å². The second kappa shape index (κ2) is 5.80. The van der Waals surface area contributed by atoms with Crippen molar-refractivity contribution in [3.8, 4) is 5.75 Å². The van der Waals surface area contributed by atoms with Crippen LogP contribution in [0.25, 0.3) is 0 Å². The van der Waals surface area contributed by atoms with Crippen LogP contribution < -0.4 is 15.8 Å². The second-order valence-corrected chi connectivity index (χ2v) is 5.51. The summed E-state index contributed by atoms with van der Waals surface area (Å²) < 4.78 is 11.1. The maximum atomic E-state index is 6.03. The Labute approximate surface area is 115 Å². The van der Waals surface area contributed by atoms with Crippen molar-refractivity contribution >= 4 is 5.69 Å². The highest BCUT2D eigenvalue weighted by atomic mass is 16.5. The fourth-order valence-electron chi connectivity index (χ4n) is 3.00. The number of rotatable bonds is 4. The number of nitrogens with one attached hydrogen (secondary N) is 1. The first-order valence-electron chi connectivity index (χ1n) is 6.85. The van der Waals surface area contributed by atoms with E-state index in [1.807, 2.05) is 24.3 Å². The van der Waals surface area contributed by atoms with E-state index in [0.717, 1.165) is 24.3 Å². The average Bonchev–Trinajstić information content (AvgIpc) is 2.37. The number of nitrogens with two attached hydrogens (primary N) is 1. The summed E-state index contributed by atoms with van der Waals surface area (Å²) in [5.74, 6) is 0.852. The molecule has 0 bridgehead atoms. The van der Waals surface area contributed by atoms with E-state index < -0.39 is 0 Å². The Morgan fingerprint density at radius 1 is 1.37 bits per heavy atom. The van der Waals surface area contributed by atoms with Gasteiger partial charge >= 0.3 is 0 Å². The number of benzene rings is 1. The zero-order valence-electron chi connectivity index (χ0n) is 12.0. The van der Waals surface area contributed by atoms with Crippen LogP contribution in [0.4, 0.5) is 5.69 Å². The summed E-state index contributed by atoms with van der Waals surface area (Å²) in [7, 11) is 1.68. The third kappa shape index (κ3) is 3.39. The summed E-state index contributed by atoms with van der Waals surface area (Å²) in [6.45, 7) is 4.81. The highest BCUT2D eigenvalue weighted by Crippen LogP contribution is 2.32. The van der Waals surface area contributed by atoms with Crippen molar-refractivity contribution in [2.75, 3.05) is 19.0 Å². The van der Waals surface area contributed by atoms with Crippen LogP contribution in [0, 0.1) is 0 Å². The van der Waals surface area contributed by atoms with Crippen LogP contribution >= 0.6 is 0 Å². The zero-order valence-corrected chi connectivity index (χ0v) is 12.0. The maximum Gasteiger partial charge on any atom is 0.120 e. The van der Waals surface area contributed by atoms with Gasteiger partial charge in [-0.3, -0.25) is 0 Å². The van der Waals surface area contributed by atoms with Crippen molar-refractivity contribution < 1.29 is 9.47 Å². The van der Waals surface area contributed by atoms with E-state index in [0.29, 0.717) is 6.54 Å². The molecule has 0 saturated carbocycles. The van der Waals surface area contributed by atoms with Gasteiger partial charge in [0.25, 0.3) is 0 Å². The molecule has 1 aromatic carbocycles. The van der Waals surface area contributed by atoms with E-state index in [1.165, 1.54) is 0 Å². The number of hydrogen-bond donors (Lipinski definition) is 2. The first kappa shape index (κ1) is 14.2. The van der Waals surface area contributed by atoms with Gasteiger partial charge in [0.1, 0.15) is 5.75 Å². The predicted octanol–water partition coefficient (Wildman–Crippen LogP) is 2.39. The molecule has 3 N–H and O–H groups in total. The number of hydrogen-bond acceptors (Lipinski definition) is 4. The molecule has 2 rings (SSSR count). The maximum absolute atomic E-state index is 6.03. The van der Waals surface area contributed by atoms with Gasteiger partial charge in [0.05, 0.1) is 24.9 Å². The minimum Gasteiger partial charge on any atom is -0.497 e. The predicted molar refractivity (Wildman–Crippen MR) is 77.6 cm³/mol. The normalized spacial score (nSPS) is 30.9. The molecular weight excluding hydrogens is 240 g/mol. The first-order chi connectivity index (χ1) is 9.07. The van der Waals surface area contributed by atoms with Gasteiger partial charge in [0, 0.05) is 18.3 Å². The largest absolute Gasteiger partial charge is 0.497 e. The summed E-state index contributed by atoms with van der Waals surface area (Å²) in [5, 5.41) is 3.59. The average molecular weight is 264 g/mol. The standard InChI is InChI=1S/C15H24N2O2/c1-11-8-15(10-16,9-12(2)19-11)17-13-5-4-6-14(7-13)18-3/h4-7,11-12,17H,8-10,16H2,1-3H3. The lowest BCUT2D eigenvalue weighted by Crippen LogP contribution is -2.53. The fraction of sp³-hybridized carbons (Fsp3) is 0.600. The lowest BCUT2D eigenvalue weighted by molar-refractivity contribution is -0.0536. The molecule has 4 heteroatoms. The SMILES string of the molecule is COc1cccc(NC2(CN)CC(C)OC(C)C2)c1. The van der Waals surface area contributed by atoms with Crippen LogP contribution in [0.3, 0.4) is 0 Å². The van der Waals surface area contributed by atoms with Crippen LogP contribution in [0.15, 0.2) is 24.3 Å². The third-order valence-corrected chi connectivity index (χ3v) is 3.69. The summed E-state index contributed by atoms with van der Waals surface area (Å²) >= 11 is 0. The molecule has 19 heavy (non-hydrogen) atoms. The summed E-state index contributed by atoms with van der Waals surface area (Å²) in [5.41, 5.74) is 6.99. The Kier molecular flexibility index (Phi) is 4.32. The van der Waals surface area contributed by atoms with Crippen LogP contribution in [0.1, 0.15) is 26.7 Å². The molecule has 1 aliphatic rings. The molecule has 1 saturated heterocycles. The number of ether oxygens (including phenoxy) is 2. The van der Waals surface area contributed by atoms with E-state index in [1.54, 1.807) is 7.11 Å². The minimum absolute atomic E-state index is 0.0938. The van der Waals surface area contributed by atoms with Crippen LogP contribution in [0.5, 0.6) is 5.75 Å². The summed E-state index contributed by atoms with van der Waals surface area (Å²) in [6, 6.07) is 7.97. The van der Waals surface area contributed by atoms with E-state index in [9.17, 15) is 0 Å². The zero-order chi connectivity index (χ0) is 13.9. The van der Waals surface area contributed by atoms with Gasteiger partial charge in [-0.05, 0) is 38.8 Å². The fourth-order valence-corrected chi connectivity index (χ4v) is 3.00. The van der Waals surface area contributed by atoms with Gasteiger partial charge < -0.3 is 20.5 Å². The van der Waals surface area contributed by atoms with Gasteiger partial charge in [-0.2, -0.15) is 0 Å². The monoisotopic (exact) mass is 264 g/mol. The minimum atomic E-state index is -0.0938. The highest BCUT2D eigenvalue weighted by Gasteiger charge is 2.37. The molecule has 0 aliphatic carbocycles. The van der Waals surface area contributed by atoms with E-state index in [-0.39, 0.29) is 17.7 Å². The Hall–Kier alpha value is -1.26. The molecule has 1 heterocycles. The first-order valence-corrected chi connectivity index (χ1v) is 6.85. The smallest absolute Gasteiger partial charge is 0.120 e. The lowest BCUT2D eigenvalue weighted by atomic mass is 9.84. The van der Waals surface area contributed by atoms with E-state index in [4.69, 9.17) is 15.2 Å². The van der Waals surface area contributed by atoms with E-state index >= 15 is 0 Å². The highest BCUT2D eigenvalue weighted by molar-refractivity contribution is 5.50. The molecule has 4 nitrogen and oxygen atoms in total. The Morgan fingerprint density at radius 2 is 2.05 bits per heavy atom. The van der Waals surface area contributed by atoms with Crippen molar-refractivity contribution in [1.29, 1.82) is 0 Å². The molecule has 1 fully saturated rings. The second-order valence-electron chi connectivity index (χ2n) is 5.51.